The number of carbonyl (C=O) groups excluding carboxylic acids is 2. The van der Waals surface area contributed by atoms with Gasteiger partial charge in [-0.05, 0) is 42.7 Å². The number of ether oxygens (including phenoxy) is 1. The van der Waals surface area contributed by atoms with Gasteiger partial charge in [0, 0.05) is 26.7 Å². The first-order valence-corrected chi connectivity index (χ1v) is 11.1. The second kappa shape index (κ2) is 7.73. The molecule has 30 heavy (non-hydrogen) atoms. The van der Waals surface area contributed by atoms with E-state index in [0.717, 1.165) is 29.3 Å². The lowest BCUT2D eigenvalue weighted by atomic mass is 10.1. The van der Waals surface area contributed by atoms with E-state index in [-0.39, 0.29) is 28.5 Å². The van der Waals surface area contributed by atoms with Gasteiger partial charge in [0.2, 0.25) is 10.0 Å². The van der Waals surface area contributed by atoms with Gasteiger partial charge in [-0.15, -0.1) is 0 Å². The van der Waals surface area contributed by atoms with Crippen LogP contribution in [0.2, 0.25) is 0 Å². The van der Waals surface area contributed by atoms with E-state index in [1.54, 1.807) is 7.11 Å². The number of nitrogens with one attached hydrogen (secondary N) is 1. The molecule has 2 aliphatic rings. The first-order chi connectivity index (χ1) is 14.3. The zero-order valence-corrected chi connectivity index (χ0v) is 17.6. The molecule has 2 heterocycles. The van der Waals surface area contributed by atoms with E-state index in [1.165, 1.54) is 25.2 Å². The van der Waals surface area contributed by atoms with Crippen LogP contribution in [0.25, 0.3) is 0 Å². The maximum atomic E-state index is 12.8. The second-order valence-electron chi connectivity index (χ2n) is 7.50. The molecule has 0 bridgehead atoms. The third-order valence-electron chi connectivity index (χ3n) is 5.65. The van der Waals surface area contributed by atoms with Crippen molar-refractivity contribution in [2.45, 2.75) is 11.3 Å². The monoisotopic (exact) mass is 429 g/mol. The predicted molar refractivity (Wildman–Crippen MR) is 111 cm³/mol. The highest BCUT2D eigenvalue weighted by molar-refractivity contribution is 7.89. The molecule has 1 N–H and O–H groups in total. The Labute approximate surface area is 175 Å². The number of imide groups is 1. The Balaban J connectivity index is 1.43. The van der Waals surface area contributed by atoms with E-state index < -0.39 is 21.8 Å². The summed E-state index contributed by atoms with van der Waals surface area (Å²) in [6.45, 7) is 1.82. The number of fused-ring (bicyclic) bond motifs is 1. The zero-order chi connectivity index (χ0) is 21.5. The van der Waals surface area contributed by atoms with E-state index >= 15 is 0 Å². The predicted octanol–water partition coefficient (Wildman–Crippen LogP) is 1.73. The van der Waals surface area contributed by atoms with Gasteiger partial charge in [-0.1, -0.05) is 12.1 Å². The molecule has 0 aromatic heterocycles. The normalized spacial score (nSPS) is 18.8. The van der Waals surface area contributed by atoms with Crippen molar-refractivity contribution in [3.63, 3.8) is 0 Å². The van der Waals surface area contributed by atoms with Crippen LogP contribution in [0.15, 0.2) is 47.4 Å². The summed E-state index contributed by atoms with van der Waals surface area (Å²) >= 11 is 0. The first kappa shape index (κ1) is 20.4. The Kier molecular flexibility index (Phi) is 5.25. The molecular weight excluding hydrogens is 406 g/mol. The molecular formula is C21H23N3O5S. The van der Waals surface area contributed by atoms with Crippen LogP contribution in [0.5, 0.6) is 5.75 Å². The van der Waals surface area contributed by atoms with Crippen molar-refractivity contribution in [3.8, 4) is 5.75 Å². The van der Waals surface area contributed by atoms with Crippen LogP contribution in [-0.4, -0.2) is 58.9 Å². The molecule has 1 atom stereocenters. The Hall–Kier alpha value is -2.91. The Morgan fingerprint density at radius 1 is 1.10 bits per heavy atom. The highest BCUT2D eigenvalue weighted by atomic mass is 32.2. The zero-order valence-electron chi connectivity index (χ0n) is 16.8. The lowest BCUT2D eigenvalue weighted by Crippen LogP contribution is -2.31. The Bertz CT molecular complexity index is 1120. The lowest BCUT2D eigenvalue weighted by molar-refractivity contribution is 0.0693. The van der Waals surface area contributed by atoms with Crippen molar-refractivity contribution in [1.29, 1.82) is 0 Å². The number of anilines is 1. The number of methoxy groups -OCH3 is 1. The highest BCUT2D eigenvalue weighted by Gasteiger charge is 2.34. The van der Waals surface area contributed by atoms with E-state index in [9.17, 15) is 18.0 Å². The molecule has 158 valence electrons. The first-order valence-electron chi connectivity index (χ1n) is 9.66. The third-order valence-corrected chi connectivity index (χ3v) is 7.07. The molecule has 0 spiro atoms. The smallest absolute Gasteiger partial charge is 0.261 e. The molecule has 8 nitrogen and oxygen atoms in total. The van der Waals surface area contributed by atoms with Crippen molar-refractivity contribution >= 4 is 27.5 Å². The molecule has 2 amide bonds. The molecule has 4 rings (SSSR count). The molecule has 2 aromatic carbocycles. The van der Waals surface area contributed by atoms with E-state index in [2.05, 4.69) is 9.62 Å². The number of hydrogen-bond acceptors (Lipinski definition) is 6. The average Bonchev–Trinajstić information content (AvgIpc) is 3.32. The summed E-state index contributed by atoms with van der Waals surface area (Å²) in [6.07, 6.45) is 0.850. The van der Waals surface area contributed by atoms with Gasteiger partial charge >= 0.3 is 0 Å². The SMILES string of the molecule is COc1ccccc1N1CCC(CNS(=O)(=O)c2ccc3c(c2)C(=O)N(C)C3=O)C1. The molecule has 0 radical (unpaired) electrons. The van der Waals surface area contributed by atoms with Gasteiger partial charge in [-0.3, -0.25) is 14.5 Å². The molecule has 1 unspecified atom stereocenters. The summed E-state index contributed by atoms with van der Waals surface area (Å²) in [6, 6.07) is 11.8. The largest absolute Gasteiger partial charge is 0.495 e. The second-order valence-corrected chi connectivity index (χ2v) is 9.27. The van der Waals surface area contributed by atoms with Crippen LogP contribution < -0.4 is 14.4 Å². The minimum absolute atomic E-state index is 0.0164. The number of amides is 2. The molecule has 0 aliphatic carbocycles. The van der Waals surface area contributed by atoms with E-state index in [4.69, 9.17) is 4.74 Å². The molecule has 0 saturated carbocycles. The van der Waals surface area contributed by atoms with Crippen molar-refractivity contribution in [2.24, 2.45) is 5.92 Å². The minimum atomic E-state index is -3.80. The minimum Gasteiger partial charge on any atom is -0.495 e. The Morgan fingerprint density at radius 3 is 2.60 bits per heavy atom. The van der Waals surface area contributed by atoms with Crippen molar-refractivity contribution < 1.29 is 22.7 Å². The Morgan fingerprint density at radius 2 is 1.83 bits per heavy atom. The fourth-order valence-electron chi connectivity index (χ4n) is 3.93. The molecule has 1 saturated heterocycles. The van der Waals surface area contributed by atoms with Crippen LogP contribution in [0.4, 0.5) is 5.69 Å². The topological polar surface area (TPSA) is 96.0 Å². The van der Waals surface area contributed by atoms with E-state index in [0.29, 0.717) is 6.54 Å². The summed E-state index contributed by atoms with van der Waals surface area (Å²) in [4.78, 5) is 27.3. The van der Waals surface area contributed by atoms with Gasteiger partial charge < -0.3 is 9.64 Å². The number of benzene rings is 2. The maximum Gasteiger partial charge on any atom is 0.261 e. The summed E-state index contributed by atoms with van der Waals surface area (Å²) in [7, 11) is -0.786. The highest BCUT2D eigenvalue weighted by Crippen LogP contribution is 2.32. The van der Waals surface area contributed by atoms with Crippen LogP contribution in [0, 0.1) is 5.92 Å². The lowest BCUT2D eigenvalue weighted by Gasteiger charge is -2.21. The van der Waals surface area contributed by atoms with E-state index in [1.807, 2.05) is 24.3 Å². The number of carbonyl (C=O) groups is 2. The van der Waals surface area contributed by atoms with Crippen molar-refractivity contribution in [3.05, 3.63) is 53.6 Å². The maximum absolute atomic E-state index is 12.8. The quantitative estimate of drug-likeness (QED) is 0.703. The summed E-state index contributed by atoms with van der Waals surface area (Å²) in [5, 5.41) is 0. The fourth-order valence-corrected chi connectivity index (χ4v) is 5.07. The van der Waals surface area contributed by atoms with Gasteiger partial charge in [-0.2, -0.15) is 0 Å². The van der Waals surface area contributed by atoms with Gasteiger partial charge in [0.05, 0.1) is 28.8 Å². The van der Waals surface area contributed by atoms with Crippen LogP contribution in [0.1, 0.15) is 27.1 Å². The summed E-state index contributed by atoms with van der Waals surface area (Å²) in [5.41, 5.74) is 1.34. The number of nitrogens with zero attached hydrogens (tertiary/aromatic N) is 2. The third kappa shape index (κ3) is 3.54. The number of hydrogen-bond donors (Lipinski definition) is 1. The fraction of sp³-hybridized carbons (Fsp3) is 0.333. The number of para-hydroxylation sites is 2. The van der Waals surface area contributed by atoms with Crippen molar-refractivity contribution in [2.75, 3.05) is 38.7 Å². The number of rotatable bonds is 6. The average molecular weight is 429 g/mol. The standard InChI is InChI=1S/C21H23N3O5S/c1-23-20(25)16-8-7-15(11-17(16)21(23)26)30(27,28)22-12-14-9-10-24(13-14)18-5-3-4-6-19(18)29-2/h3-8,11,14,22H,9-10,12-13H2,1-2H3. The molecule has 2 aliphatic heterocycles. The molecule has 1 fully saturated rings. The van der Waals surface area contributed by atoms with Gasteiger partial charge in [0.1, 0.15) is 5.75 Å². The van der Waals surface area contributed by atoms with Crippen LogP contribution in [-0.2, 0) is 10.0 Å². The van der Waals surface area contributed by atoms with Gasteiger partial charge in [0.15, 0.2) is 0 Å². The van der Waals surface area contributed by atoms with Crippen LogP contribution in [0.3, 0.4) is 0 Å². The summed E-state index contributed by atoms with van der Waals surface area (Å²) < 4.78 is 33.6. The van der Waals surface area contributed by atoms with Crippen LogP contribution >= 0.6 is 0 Å². The van der Waals surface area contributed by atoms with Gasteiger partial charge in [-0.25, -0.2) is 13.1 Å². The summed E-state index contributed by atoms with van der Waals surface area (Å²) in [5.74, 6) is 0.0269. The molecule has 2 aromatic rings. The number of sulfonamides is 1. The molecule has 9 heteroatoms. The van der Waals surface area contributed by atoms with Crippen molar-refractivity contribution in [1.82, 2.24) is 9.62 Å². The van der Waals surface area contributed by atoms with Gasteiger partial charge in [0.25, 0.3) is 11.8 Å².